The van der Waals surface area contributed by atoms with E-state index in [0.29, 0.717) is 40.5 Å². The smallest absolute Gasteiger partial charge is 0.234 e. The predicted octanol–water partition coefficient (Wildman–Crippen LogP) is 4.57. The Hall–Kier alpha value is -3.04. The molecule has 8 nitrogen and oxygen atoms in total. The van der Waals surface area contributed by atoms with Crippen molar-refractivity contribution in [2.75, 3.05) is 23.0 Å². The number of carbonyl (C=O) groups excluding carboxylic acids is 2. The van der Waals surface area contributed by atoms with Crippen LogP contribution in [-0.4, -0.2) is 38.9 Å². The molecule has 1 aromatic heterocycles. The zero-order valence-corrected chi connectivity index (χ0v) is 20.3. The number of nitrogens with zero attached hydrogens (tertiary/aromatic N) is 3. The summed E-state index contributed by atoms with van der Waals surface area (Å²) in [5, 5.41) is 15.2. The molecule has 3 rings (SSSR count). The highest BCUT2D eigenvalue weighted by Gasteiger charge is 2.16. The largest absolute Gasteiger partial charge is 0.494 e. The van der Waals surface area contributed by atoms with Crippen molar-refractivity contribution < 1.29 is 14.3 Å². The summed E-state index contributed by atoms with van der Waals surface area (Å²) in [6.07, 6.45) is 0.0721. The molecule has 0 saturated carbocycles. The molecule has 1 heterocycles. The number of nitrogens with one attached hydrogen (secondary N) is 2. The van der Waals surface area contributed by atoms with Crippen LogP contribution in [0.2, 0.25) is 5.02 Å². The van der Waals surface area contributed by atoms with E-state index in [2.05, 4.69) is 20.8 Å². The number of rotatable bonds is 10. The number of hydrogen-bond donors (Lipinski definition) is 2. The second-order valence-electron chi connectivity index (χ2n) is 7.13. The Morgan fingerprint density at radius 2 is 1.73 bits per heavy atom. The zero-order valence-electron chi connectivity index (χ0n) is 18.7. The van der Waals surface area contributed by atoms with Gasteiger partial charge >= 0.3 is 0 Å². The molecule has 2 N–H and O–H groups in total. The van der Waals surface area contributed by atoms with Crippen molar-refractivity contribution in [3.05, 3.63) is 58.9 Å². The second-order valence-corrected chi connectivity index (χ2v) is 8.48. The summed E-state index contributed by atoms with van der Waals surface area (Å²) in [7, 11) is 0. The fourth-order valence-corrected chi connectivity index (χ4v) is 4.02. The van der Waals surface area contributed by atoms with Crippen LogP contribution in [0.3, 0.4) is 0 Å². The lowest BCUT2D eigenvalue weighted by Crippen LogP contribution is -2.18. The molecule has 0 aliphatic carbocycles. The monoisotopic (exact) mass is 487 g/mol. The summed E-state index contributed by atoms with van der Waals surface area (Å²) in [6.45, 7) is 6.92. The maximum Gasteiger partial charge on any atom is 0.234 e. The molecular formula is C23H26ClN5O3S. The fourth-order valence-electron chi connectivity index (χ4n) is 3.02. The Bertz CT molecular complexity index is 1120. The number of aromatic nitrogens is 3. The highest BCUT2D eigenvalue weighted by molar-refractivity contribution is 7.99. The number of amides is 2. The van der Waals surface area contributed by atoms with Crippen LogP contribution in [0, 0.1) is 6.92 Å². The second kappa shape index (κ2) is 11.7. The third-order valence-corrected chi connectivity index (χ3v) is 6.04. The number of carbonyl (C=O) groups is 2. The lowest BCUT2D eigenvalue weighted by Gasteiger charge is -2.09. The number of halogens is 1. The minimum atomic E-state index is -0.202. The van der Waals surface area contributed by atoms with Crippen LogP contribution < -0.4 is 15.4 Å². The highest BCUT2D eigenvalue weighted by atomic mass is 35.5. The Morgan fingerprint density at radius 1 is 1.03 bits per heavy atom. The molecule has 0 saturated heterocycles. The third kappa shape index (κ3) is 6.97. The van der Waals surface area contributed by atoms with Gasteiger partial charge in [-0.15, -0.1) is 10.2 Å². The van der Waals surface area contributed by atoms with Gasteiger partial charge in [-0.3, -0.25) is 9.59 Å². The summed E-state index contributed by atoms with van der Waals surface area (Å²) in [5.74, 6) is 1.06. The van der Waals surface area contributed by atoms with E-state index in [0.717, 1.165) is 11.3 Å². The maximum atomic E-state index is 12.5. The number of hydrogen-bond acceptors (Lipinski definition) is 6. The zero-order chi connectivity index (χ0) is 23.8. The van der Waals surface area contributed by atoms with Crippen LogP contribution in [0.15, 0.2) is 47.6 Å². The number of thioether (sulfide) groups is 1. The summed E-state index contributed by atoms with van der Waals surface area (Å²) in [4.78, 5) is 24.8. The van der Waals surface area contributed by atoms with Gasteiger partial charge in [0.05, 0.1) is 18.8 Å². The van der Waals surface area contributed by atoms with Crippen LogP contribution in [0.25, 0.3) is 0 Å². The topological polar surface area (TPSA) is 98.1 Å². The van der Waals surface area contributed by atoms with Gasteiger partial charge < -0.3 is 19.9 Å². The quantitative estimate of drug-likeness (QED) is 0.406. The number of benzene rings is 2. The molecule has 3 aromatic rings. The van der Waals surface area contributed by atoms with Gasteiger partial charge in [-0.1, -0.05) is 29.4 Å². The van der Waals surface area contributed by atoms with Crippen molar-refractivity contribution in [1.82, 2.24) is 14.8 Å². The maximum absolute atomic E-state index is 12.5. The molecule has 2 aromatic carbocycles. The summed E-state index contributed by atoms with van der Waals surface area (Å²) in [6, 6.07) is 12.6. The fraction of sp³-hybridized carbons (Fsp3) is 0.304. The molecule has 0 aliphatic heterocycles. The summed E-state index contributed by atoms with van der Waals surface area (Å²) < 4.78 is 7.24. The molecule has 10 heteroatoms. The van der Waals surface area contributed by atoms with Crippen molar-refractivity contribution in [3.63, 3.8) is 0 Å². The normalized spacial score (nSPS) is 10.7. The summed E-state index contributed by atoms with van der Waals surface area (Å²) in [5.41, 5.74) is 2.26. The molecule has 33 heavy (non-hydrogen) atoms. The minimum absolute atomic E-state index is 0.0721. The Morgan fingerprint density at radius 3 is 2.39 bits per heavy atom. The first-order valence-electron chi connectivity index (χ1n) is 10.5. The van der Waals surface area contributed by atoms with E-state index in [4.69, 9.17) is 16.3 Å². The molecule has 0 spiro atoms. The van der Waals surface area contributed by atoms with E-state index in [1.54, 1.807) is 36.4 Å². The first kappa shape index (κ1) is 24.6. The Kier molecular flexibility index (Phi) is 8.73. The van der Waals surface area contributed by atoms with Gasteiger partial charge in [0, 0.05) is 22.9 Å². The van der Waals surface area contributed by atoms with Gasteiger partial charge in [0.2, 0.25) is 11.8 Å². The molecule has 0 fully saturated rings. The highest BCUT2D eigenvalue weighted by Crippen LogP contribution is 2.22. The van der Waals surface area contributed by atoms with E-state index < -0.39 is 0 Å². The van der Waals surface area contributed by atoms with E-state index in [9.17, 15) is 9.59 Å². The van der Waals surface area contributed by atoms with Gasteiger partial charge in [0.25, 0.3) is 0 Å². The number of aryl methyl sites for hydroxylation is 1. The van der Waals surface area contributed by atoms with Gasteiger partial charge in [0.15, 0.2) is 5.16 Å². The van der Waals surface area contributed by atoms with Gasteiger partial charge in [-0.05, 0) is 62.7 Å². The van der Waals surface area contributed by atoms with E-state index in [-0.39, 0.29) is 24.0 Å². The average molecular weight is 488 g/mol. The van der Waals surface area contributed by atoms with Crippen LogP contribution >= 0.6 is 23.4 Å². The van der Waals surface area contributed by atoms with Crippen LogP contribution in [0.5, 0.6) is 5.75 Å². The molecule has 0 atom stereocenters. The van der Waals surface area contributed by atoms with Crippen molar-refractivity contribution >= 4 is 46.6 Å². The summed E-state index contributed by atoms with van der Waals surface area (Å²) >= 11 is 7.37. The Balaban J connectivity index is 1.55. The average Bonchev–Trinajstić information content (AvgIpc) is 3.17. The first-order chi connectivity index (χ1) is 15.9. The van der Waals surface area contributed by atoms with Crippen molar-refractivity contribution in [3.8, 4) is 5.75 Å². The van der Waals surface area contributed by atoms with Crippen LogP contribution in [0.4, 0.5) is 11.4 Å². The molecule has 2 amide bonds. The first-order valence-corrected chi connectivity index (χ1v) is 11.9. The SMILES string of the molecule is CCOc1ccc(NC(=O)Cc2nnc(SCC(=O)Nc3ccc(C)c(Cl)c3)n2CC)cc1. The lowest BCUT2D eigenvalue weighted by molar-refractivity contribution is -0.116. The van der Waals surface area contributed by atoms with Gasteiger partial charge in [-0.2, -0.15) is 0 Å². The van der Waals surface area contributed by atoms with Crippen LogP contribution in [-0.2, 0) is 22.6 Å². The standard InChI is InChI=1S/C23H26ClN5O3S/c1-4-29-20(13-21(30)25-16-8-10-18(11-9-16)32-5-2)27-28-23(29)33-14-22(31)26-17-7-6-15(3)19(24)12-17/h6-12H,4-5,13-14H2,1-3H3,(H,25,30)(H,26,31). The number of ether oxygens (including phenoxy) is 1. The third-order valence-electron chi connectivity index (χ3n) is 4.67. The molecule has 174 valence electrons. The Labute approximate surface area is 202 Å². The molecule has 0 bridgehead atoms. The van der Waals surface area contributed by atoms with E-state index in [1.165, 1.54) is 11.8 Å². The van der Waals surface area contributed by atoms with Crippen molar-refractivity contribution in [2.24, 2.45) is 0 Å². The van der Waals surface area contributed by atoms with Gasteiger partial charge in [0.1, 0.15) is 11.6 Å². The molecule has 0 radical (unpaired) electrons. The van der Waals surface area contributed by atoms with Crippen molar-refractivity contribution in [2.45, 2.75) is 38.9 Å². The van der Waals surface area contributed by atoms with Crippen LogP contribution in [0.1, 0.15) is 25.2 Å². The molecule has 0 unspecified atom stereocenters. The van der Waals surface area contributed by atoms with E-state index in [1.807, 2.05) is 31.4 Å². The van der Waals surface area contributed by atoms with Crippen molar-refractivity contribution in [1.29, 1.82) is 0 Å². The molecule has 0 aliphatic rings. The molecular weight excluding hydrogens is 462 g/mol. The van der Waals surface area contributed by atoms with E-state index >= 15 is 0 Å². The number of anilines is 2. The predicted molar refractivity (Wildman–Crippen MR) is 131 cm³/mol. The lowest BCUT2D eigenvalue weighted by atomic mass is 10.2. The van der Waals surface area contributed by atoms with Gasteiger partial charge in [-0.25, -0.2) is 0 Å². The minimum Gasteiger partial charge on any atom is -0.494 e.